The minimum atomic E-state index is -0.985. The monoisotopic (exact) mass is 213 g/mol. The van der Waals surface area contributed by atoms with Gasteiger partial charge in [-0.05, 0) is 43.9 Å². The van der Waals surface area contributed by atoms with Crippen LogP contribution in [0.5, 0.6) is 0 Å². The minimum Gasteiger partial charge on any atom is -0.388 e. The van der Waals surface area contributed by atoms with E-state index in [-0.39, 0.29) is 0 Å². The average molecular weight is 213 g/mol. The van der Waals surface area contributed by atoms with Crippen LogP contribution < -0.4 is 5.32 Å². The second kappa shape index (κ2) is 5.26. The molecular formula is C14H15NO. The van der Waals surface area contributed by atoms with E-state index in [2.05, 4.69) is 29.0 Å². The summed E-state index contributed by atoms with van der Waals surface area (Å²) in [5, 5.41) is 12.4. The van der Waals surface area contributed by atoms with Gasteiger partial charge in [-0.2, -0.15) is 0 Å². The molecule has 0 fully saturated rings. The van der Waals surface area contributed by atoms with Crippen molar-refractivity contribution in [2.75, 3.05) is 12.4 Å². The van der Waals surface area contributed by atoms with Crippen molar-refractivity contribution in [3.63, 3.8) is 0 Å². The lowest BCUT2D eigenvalue weighted by Crippen LogP contribution is -2.14. The van der Waals surface area contributed by atoms with Gasteiger partial charge < -0.3 is 10.4 Å². The van der Waals surface area contributed by atoms with E-state index in [1.165, 1.54) is 0 Å². The van der Waals surface area contributed by atoms with Crippen LogP contribution in [0.15, 0.2) is 24.3 Å². The van der Waals surface area contributed by atoms with E-state index in [1.807, 2.05) is 31.3 Å². The standard InChI is InChI=1S/C14H15NO/c1-14(2,16)10-5-4-7-12-8-6-9-13(11-12)15-3/h6,8-9,11,15-16H,1-3H3. The molecule has 1 aromatic carbocycles. The van der Waals surface area contributed by atoms with Crippen LogP contribution in [-0.4, -0.2) is 17.8 Å². The van der Waals surface area contributed by atoms with E-state index >= 15 is 0 Å². The molecule has 2 N–H and O–H groups in total. The fraction of sp³-hybridized carbons (Fsp3) is 0.286. The van der Waals surface area contributed by atoms with Crippen LogP contribution in [0.1, 0.15) is 19.4 Å². The molecule has 0 aromatic heterocycles. The molecule has 0 spiro atoms. The summed E-state index contributed by atoms with van der Waals surface area (Å²) in [6.45, 7) is 3.26. The predicted octanol–water partition coefficient (Wildman–Crippen LogP) is 1.85. The molecule has 0 atom stereocenters. The zero-order valence-electron chi connectivity index (χ0n) is 9.76. The zero-order valence-corrected chi connectivity index (χ0v) is 9.76. The van der Waals surface area contributed by atoms with Gasteiger partial charge in [-0.3, -0.25) is 0 Å². The van der Waals surface area contributed by atoms with E-state index < -0.39 is 5.60 Å². The van der Waals surface area contributed by atoms with E-state index in [4.69, 9.17) is 0 Å². The molecule has 2 heteroatoms. The molecule has 0 saturated heterocycles. The number of benzene rings is 1. The number of hydrogen-bond donors (Lipinski definition) is 2. The summed E-state index contributed by atoms with van der Waals surface area (Å²) < 4.78 is 0. The second-order valence-electron chi connectivity index (χ2n) is 3.89. The molecule has 1 rings (SSSR count). The number of aliphatic hydroxyl groups is 1. The largest absolute Gasteiger partial charge is 0.388 e. The SMILES string of the molecule is CNc1cccc(C#CC#CC(C)(C)O)c1. The maximum Gasteiger partial charge on any atom is 0.120 e. The summed E-state index contributed by atoms with van der Waals surface area (Å²) in [5.41, 5.74) is 0.931. The highest BCUT2D eigenvalue weighted by Gasteiger charge is 2.04. The van der Waals surface area contributed by atoms with Crippen LogP contribution in [-0.2, 0) is 0 Å². The van der Waals surface area contributed by atoms with Gasteiger partial charge in [0.2, 0.25) is 0 Å². The number of anilines is 1. The van der Waals surface area contributed by atoms with Crippen LogP contribution in [0, 0.1) is 23.7 Å². The van der Waals surface area contributed by atoms with Crippen molar-refractivity contribution in [1.82, 2.24) is 0 Å². The van der Waals surface area contributed by atoms with Gasteiger partial charge in [0, 0.05) is 18.3 Å². The third kappa shape index (κ3) is 4.55. The fourth-order valence-corrected chi connectivity index (χ4v) is 1.04. The van der Waals surface area contributed by atoms with Gasteiger partial charge in [-0.1, -0.05) is 17.9 Å². The Bertz CT molecular complexity index is 475. The quantitative estimate of drug-likeness (QED) is 0.698. The minimum absolute atomic E-state index is 0.900. The summed E-state index contributed by atoms with van der Waals surface area (Å²) in [6.07, 6.45) is 0. The van der Waals surface area contributed by atoms with Crippen LogP contribution in [0.4, 0.5) is 5.69 Å². The Hall–Kier alpha value is -1.90. The summed E-state index contributed by atoms with van der Waals surface area (Å²) in [7, 11) is 1.86. The van der Waals surface area contributed by atoms with E-state index in [1.54, 1.807) is 13.8 Å². The molecule has 0 bridgehead atoms. The zero-order chi connectivity index (χ0) is 12.0. The number of nitrogens with one attached hydrogen (secondary N) is 1. The number of rotatable bonds is 1. The lowest BCUT2D eigenvalue weighted by atomic mass is 10.1. The van der Waals surface area contributed by atoms with E-state index in [0.717, 1.165) is 11.3 Å². The molecule has 0 aliphatic carbocycles. The Kier molecular flexibility index (Phi) is 4.00. The Morgan fingerprint density at radius 2 is 2.00 bits per heavy atom. The van der Waals surface area contributed by atoms with Crippen molar-refractivity contribution in [3.05, 3.63) is 29.8 Å². The molecule has 0 radical (unpaired) electrons. The Balaban J connectivity index is 2.80. The van der Waals surface area contributed by atoms with Crippen molar-refractivity contribution >= 4 is 5.69 Å². The third-order valence-electron chi connectivity index (χ3n) is 1.79. The molecular weight excluding hydrogens is 198 g/mol. The van der Waals surface area contributed by atoms with E-state index in [9.17, 15) is 5.11 Å². The number of hydrogen-bond acceptors (Lipinski definition) is 2. The Morgan fingerprint density at radius 1 is 1.25 bits per heavy atom. The van der Waals surface area contributed by atoms with Crippen molar-refractivity contribution in [3.8, 4) is 23.7 Å². The second-order valence-corrected chi connectivity index (χ2v) is 3.89. The lowest BCUT2D eigenvalue weighted by Gasteiger charge is -2.04. The van der Waals surface area contributed by atoms with Crippen LogP contribution in [0.3, 0.4) is 0 Å². The smallest absolute Gasteiger partial charge is 0.120 e. The first-order valence-corrected chi connectivity index (χ1v) is 5.04. The summed E-state index contributed by atoms with van der Waals surface area (Å²) in [6, 6.07) is 7.76. The maximum atomic E-state index is 9.35. The fourth-order valence-electron chi connectivity index (χ4n) is 1.04. The maximum absolute atomic E-state index is 9.35. The molecule has 0 saturated carbocycles. The highest BCUT2D eigenvalue weighted by atomic mass is 16.3. The molecule has 1 aromatic rings. The highest BCUT2D eigenvalue weighted by Crippen LogP contribution is 2.07. The first-order valence-electron chi connectivity index (χ1n) is 5.04. The molecule has 82 valence electrons. The molecule has 0 aliphatic heterocycles. The Labute approximate surface area is 96.7 Å². The van der Waals surface area contributed by atoms with E-state index in [0.29, 0.717) is 0 Å². The molecule has 0 unspecified atom stereocenters. The lowest BCUT2D eigenvalue weighted by molar-refractivity contribution is 0.143. The molecule has 0 amide bonds. The van der Waals surface area contributed by atoms with Crippen LogP contribution in [0.25, 0.3) is 0 Å². The van der Waals surface area contributed by atoms with Crippen LogP contribution in [0.2, 0.25) is 0 Å². The van der Waals surface area contributed by atoms with Crippen LogP contribution >= 0.6 is 0 Å². The average Bonchev–Trinajstić information content (AvgIpc) is 2.23. The van der Waals surface area contributed by atoms with Gasteiger partial charge in [0.1, 0.15) is 5.60 Å². The molecule has 0 heterocycles. The first kappa shape index (κ1) is 12.2. The van der Waals surface area contributed by atoms with Gasteiger partial charge in [0.15, 0.2) is 0 Å². The first-order chi connectivity index (χ1) is 7.51. The third-order valence-corrected chi connectivity index (χ3v) is 1.79. The summed E-state index contributed by atoms with van der Waals surface area (Å²) in [4.78, 5) is 0. The molecule has 2 nitrogen and oxygen atoms in total. The Morgan fingerprint density at radius 3 is 2.62 bits per heavy atom. The summed E-state index contributed by atoms with van der Waals surface area (Å²) in [5.74, 6) is 10.9. The van der Waals surface area contributed by atoms with Crippen molar-refractivity contribution in [2.45, 2.75) is 19.4 Å². The van der Waals surface area contributed by atoms with Gasteiger partial charge in [-0.25, -0.2) is 0 Å². The normalized spacial score (nSPS) is 9.50. The highest BCUT2D eigenvalue weighted by molar-refractivity contribution is 5.51. The van der Waals surface area contributed by atoms with Crippen molar-refractivity contribution in [1.29, 1.82) is 0 Å². The molecule has 0 aliphatic rings. The van der Waals surface area contributed by atoms with Gasteiger partial charge in [0.05, 0.1) is 0 Å². The van der Waals surface area contributed by atoms with Gasteiger partial charge in [0.25, 0.3) is 0 Å². The van der Waals surface area contributed by atoms with Gasteiger partial charge in [-0.15, -0.1) is 0 Å². The van der Waals surface area contributed by atoms with Crippen molar-refractivity contribution in [2.24, 2.45) is 0 Å². The predicted molar refractivity (Wildman–Crippen MR) is 66.9 cm³/mol. The summed E-state index contributed by atoms with van der Waals surface area (Å²) >= 11 is 0. The van der Waals surface area contributed by atoms with Gasteiger partial charge >= 0.3 is 0 Å². The molecule has 16 heavy (non-hydrogen) atoms. The van der Waals surface area contributed by atoms with Crippen molar-refractivity contribution < 1.29 is 5.11 Å². The topological polar surface area (TPSA) is 32.3 Å².